The quantitative estimate of drug-likeness (QED) is 0.0322. The Labute approximate surface area is 382 Å². The zero-order chi connectivity index (χ0) is 45.3. The largest absolute Gasteiger partial charge is 1.00 e. The molecule has 1 aromatic carbocycles. The summed E-state index contributed by atoms with van der Waals surface area (Å²) in [5, 5.41) is 99.1. The van der Waals surface area contributed by atoms with Crippen LogP contribution in [0.3, 0.4) is 0 Å². The van der Waals surface area contributed by atoms with Gasteiger partial charge in [0, 0.05) is 44.3 Å². The van der Waals surface area contributed by atoms with Crippen LogP contribution in [-0.2, 0) is 44.6 Å². The predicted octanol–water partition coefficient (Wildman–Crippen LogP) is -9.30. The number of nitrogens with zero attached hydrogens (tertiary/aromatic N) is 2. The molecule has 26 heteroatoms. The van der Waals surface area contributed by atoms with Crippen LogP contribution in [0, 0.1) is 11.8 Å². The molecule has 62 heavy (non-hydrogen) atoms. The zero-order valence-electron chi connectivity index (χ0n) is 34.5. The predicted molar refractivity (Wildman–Crippen MR) is 205 cm³/mol. The van der Waals surface area contributed by atoms with E-state index in [-0.39, 0.29) is 79.1 Å². The number of amides is 6. The summed E-state index contributed by atoms with van der Waals surface area (Å²) in [6.07, 6.45) is -10.8. The van der Waals surface area contributed by atoms with Gasteiger partial charge in [-0.15, -0.1) is 4.33 Å². The summed E-state index contributed by atoms with van der Waals surface area (Å²) in [6, 6.07) is -5.16. The molecule has 1 unspecified atom stereocenters. The Morgan fingerprint density at radius 2 is 1.50 bits per heavy atom. The Balaban J connectivity index is 0.0000102. The number of β-amino-alcohol motifs (C(OH)–C–C–N with tert-alkyl or cyclic N) is 1. The molecule has 0 spiro atoms. The summed E-state index contributed by atoms with van der Waals surface area (Å²) in [5.41, 5.74) is 5.84. The van der Waals surface area contributed by atoms with Gasteiger partial charge >= 0.3 is 29.6 Å². The number of hydrogen-bond donors (Lipinski definition) is 12. The number of fused-ring (bicyclic) bond motifs is 2. The SMILES string of the molecule is CC1C[C@@H](O)CNC(=O)[C@@H]2[C@@H](O)[C@@H](C)CN2C(=O)[C@H]([C@H](O)CCN)NC(=O)[C@H]([C@H](O)Cc2ccc(O)c(OSOO[O-])c2)NC(=O)[C@@H]2C[C@@H](O)CN2C(=O)[C@H]([C@@H](C)O)NC1=O.[Na+]. The number of aliphatic hydroxyl groups is 6. The van der Waals surface area contributed by atoms with Crippen LogP contribution in [0.25, 0.3) is 0 Å². The van der Waals surface area contributed by atoms with Crippen LogP contribution >= 0.6 is 12.3 Å². The fraction of sp³-hybridized carbons (Fsp3) is 0.667. The minimum Gasteiger partial charge on any atom is -0.691 e. The molecular formula is C36H54N7NaO17S. The number of phenolic OH excluding ortho intramolecular Hbond substituents is 1. The minimum absolute atomic E-state index is 0. The molecule has 3 heterocycles. The first-order valence-corrected chi connectivity index (χ1v) is 20.2. The molecule has 3 saturated heterocycles. The van der Waals surface area contributed by atoms with Crippen LogP contribution in [0.4, 0.5) is 0 Å². The Hall–Kier alpha value is -3.41. The van der Waals surface area contributed by atoms with Gasteiger partial charge in [0.05, 0.1) is 36.6 Å². The first-order chi connectivity index (χ1) is 28.8. The van der Waals surface area contributed by atoms with Gasteiger partial charge in [-0.05, 0) is 44.0 Å². The van der Waals surface area contributed by atoms with Gasteiger partial charge in [-0.2, -0.15) is 0 Å². The molecule has 13 N–H and O–H groups in total. The third kappa shape index (κ3) is 13.3. The second kappa shape index (κ2) is 24.0. The molecule has 3 aliphatic heterocycles. The fourth-order valence-corrected chi connectivity index (χ4v) is 7.74. The van der Waals surface area contributed by atoms with E-state index >= 15 is 0 Å². The van der Waals surface area contributed by atoms with Gasteiger partial charge in [-0.25, -0.2) is 0 Å². The number of hydrogen-bond acceptors (Lipinski definition) is 19. The molecule has 4 rings (SSSR count). The molecule has 0 saturated carbocycles. The van der Waals surface area contributed by atoms with E-state index in [2.05, 4.69) is 30.6 Å². The summed E-state index contributed by atoms with van der Waals surface area (Å²) in [5.74, 6) is -8.63. The van der Waals surface area contributed by atoms with Gasteiger partial charge < -0.3 is 82.0 Å². The Bertz CT molecular complexity index is 1740. The van der Waals surface area contributed by atoms with Crippen molar-refractivity contribution in [3.63, 3.8) is 0 Å². The smallest absolute Gasteiger partial charge is 0.691 e. The van der Waals surface area contributed by atoms with Crippen molar-refractivity contribution in [2.75, 3.05) is 26.2 Å². The summed E-state index contributed by atoms with van der Waals surface area (Å²) >= 11 is 0.0367. The molecule has 1 aromatic rings. The maximum Gasteiger partial charge on any atom is 1.00 e. The minimum atomic E-state index is -2.03. The second-order valence-electron chi connectivity index (χ2n) is 15.5. The van der Waals surface area contributed by atoms with Gasteiger partial charge in [0.2, 0.25) is 35.4 Å². The third-order valence-electron chi connectivity index (χ3n) is 10.8. The molecule has 3 aliphatic rings. The summed E-state index contributed by atoms with van der Waals surface area (Å²) < 4.78 is 9.08. The number of nitrogens with one attached hydrogen (secondary N) is 4. The van der Waals surface area contributed by atoms with E-state index in [1.54, 1.807) is 6.92 Å². The number of carbonyl (C=O) groups excluding carboxylic acids is 6. The normalized spacial score (nSPS) is 31.0. The van der Waals surface area contributed by atoms with Crippen molar-refractivity contribution in [1.82, 2.24) is 31.1 Å². The molecule has 342 valence electrons. The molecular weight excluding hydrogens is 857 g/mol. The van der Waals surface area contributed by atoms with Crippen LogP contribution in [0.15, 0.2) is 18.2 Å². The monoisotopic (exact) mass is 911 g/mol. The average Bonchev–Trinajstić information content (AvgIpc) is 3.75. The van der Waals surface area contributed by atoms with Crippen LogP contribution in [-0.4, -0.2) is 174 Å². The Morgan fingerprint density at radius 1 is 0.855 bits per heavy atom. The number of aromatic hydroxyl groups is 1. The summed E-state index contributed by atoms with van der Waals surface area (Å²) in [4.78, 5) is 85.3. The van der Waals surface area contributed by atoms with Gasteiger partial charge in [0.25, 0.3) is 12.3 Å². The van der Waals surface area contributed by atoms with E-state index < -0.39 is 146 Å². The van der Waals surface area contributed by atoms with Crippen LogP contribution < -0.4 is 66.0 Å². The number of aliphatic hydroxyl groups excluding tert-OH is 6. The fourth-order valence-electron chi connectivity index (χ4n) is 7.48. The van der Waals surface area contributed by atoms with Gasteiger partial charge in [0.15, 0.2) is 11.5 Å². The number of rotatable bonds is 11. The van der Waals surface area contributed by atoms with Crippen molar-refractivity contribution in [2.24, 2.45) is 17.6 Å². The van der Waals surface area contributed by atoms with Crippen molar-refractivity contribution in [3.05, 3.63) is 23.8 Å². The molecule has 0 radical (unpaired) electrons. The molecule has 13 atom stereocenters. The number of phenols is 1. The van der Waals surface area contributed by atoms with Gasteiger partial charge in [-0.3, -0.25) is 33.8 Å². The third-order valence-corrected chi connectivity index (χ3v) is 11.2. The molecule has 0 aliphatic carbocycles. The van der Waals surface area contributed by atoms with Gasteiger partial charge in [-0.1, -0.05) is 19.9 Å². The van der Waals surface area contributed by atoms with E-state index in [0.717, 1.165) is 15.9 Å². The maximum absolute atomic E-state index is 14.3. The molecule has 6 amide bonds. The van der Waals surface area contributed by atoms with E-state index in [1.807, 2.05) is 0 Å². The van der Waals surface area contributed by atoms with Crippen molar-refractivity contribution >= 4 is 47.8 Å². The van der Waals surface area contributed by atoms with Gasteiger partial charge in [0.1, 0.15) is 30.2 Å². The van der Waals surface area contributed by atoms with E-state index in [9.17, 15) is 69.8 Å². The topological polar surface area (TPSA) is 375 Å². The summed E-state index contributed by atoms with van der Waals surface area (Å²) in [6.45, 7) is 2.79. The summed E-state index contributed by atoms with van der Waals surface area (Å²) in [7, 11) is 0. The molecule has 3 fully saturated rings. The standard InChI is InChI=1S/C36H55N7O17S.Na/c1-15-8-19(45)12-38-34(54)29-30(50)16(2)13-43(29)36(56)28(23(48)6-7-37)41-33(53)27(24(49)9-18-4-5-22(47)25(10-18)58-61-60-59-57)40-32(52)21-11-20(46)14-42(21)35(55)26(17(3)44)39-31(15)51;/h4-5,10,15-17,19-21,23-24,26-30,44-50,57H,6-9,11-14,37H2,1-3H3,(H,38,54)(H,39,51)(H,40,52)(H,41,53);/q;+1/p-1/t15?,16-,17+,19+,20+,21-,23+,24+,26-,27-,28-,29-,30-;/m0./s1. The van der Waals surface area contributed by atoms with Crippen LogP contribution in [0.1, 0.15) is 45.6 Å². The second-order valence-corrected chi connectivity index (χ2v) is 16.0. The van der Waals surface area contributed by atoms with E-state index in [0.29, 0.717) is 0 Å². The van der Waals surface area contributed by atoms with Crippen molar-refractivity contribution < 1.29 is 113 Å². The van der Waals surface area contributed by atoms with Crippen LogP contribution in [0.2, 0.25) is 0 Å². The average molecular weight is 912 g/mol. The number of nitrogens with two attached hydrogens (primary N) is 1. The molecule has 0 bridgehead atoms. The van der Waals surface area contributed by atoms with Crippen molar-refractivity contribution in [2.45, 2.75) is 113 Å². The number of carbonyl (C=O) groups is 6. The first kappa shape index (κ1) is 52.9. The number of benzene rings is 1. The Morgan fingerprint density at radius 3 is 2.15 bits per heavy atom. The first-order valence-electron chi connectivity index (χ1n) is 19.5. The van der Waals surface area contributed by atoms with E-state index in [4.69, 9.17) is 9.92 Å². The molecule has 24 nitrogen and oxygen atoms in total. The zero-order valence-corrected chi connectivity index (χ0v) is 37.3. The van der Waals surface area contributed by atoms with Crippen molar-refractivity contribution in [1.29, 1.82) is 0 Å². The molecule has 0 aromatic heterocycles. The van der Waals surface area contributed by atoms with Crippen molar-refractivity contribution in [3.8, 4) is 11.5 Å². The maximum atomic E-state index is 14.3. The Kier molecular flexibility index (Phi) is 20.5. The van der Waals surface area contributed by atoms with E-state index in [1.165, 1.54) is 26.0 Å². The van der Waals surface area contributed by atoms with Crippen LogP contribution in [0.5, 0.6) is 11.5 Å².